The summed E-state index contributed by atoms with van der Waals surface area (Å²) in [6.07, 6.45) is 2.01. The summed E-state index contributed by atoms with van der Waals surface area (Å²) < 4.78 is 5.43. The first-order chi connectivity index (χ1) is 8.60. The van der Waals surface area contributed by atoms with Crippen molar-refractivity contribution in [3.8, 4) is 5.75 Å². The first-order valence-electron chi connectivity index (χ1n) is 5.91. The third-order valence-electron chi connectivity index (χ3n) is 2.38. The molecule has 0 fully saturated rings. The van der Waals surface area contributed by atoms with Gasteiger partial charge in [-0.25, -0.2) is 0 Å². The highest BCUT2D eigenvalue weighted by molar-refractivity contribution is 7.98. The van der Waals surface area contributed by atoms with E-state index in [0.717, 1.165) is 5.75 Å². The highest BCUT2D eigenvalue weighted by Gasteiger charge is 2.17. The molecule has 1 unspecified atom stereocenters. The number of amides is 1. The zero-order valence-corrected chi connectivity index (χ0v) is 11.8. The highest BCUT2D eigenvalue weighted by atomic mass is 32.2. The van der Waals surface area contributed by atoms with E-state index in [1.807, 2.05) is 20.1 Å². The van der Waals surface area contributed by atoms with Gasteiger partial charge in [0.1, 0.15) is 11.3 Å². The Labute approximate surface area is 112 Å². The van der Waals surface area contributed by atoms with Crippen LogP contribution in [0.5, 0.6) is 5.75 Å². The number of hydrogen-bond donors (Lipinski definition) is 2. The highest BCUT2D eigenvalue weighted by Crippen LogP contribution is 2.24. The summed E-state index contributed by atoms with van der Waals surface area (Å²) in [4.78, 5) is 12.2. The number of anilines is 1. The van der Waals surface area contributed by atoms with Crippen molar-refractivity contribution in [3.63, 3.8) is 0 Å². The van der Waals surface area contributed by atoms with Gasteiger partial charge in [-0.3, -0.25) is 4.79 Å². The maximum Gasteiger partial charge on any atom is 0.257 e. The van der Waals surface area contributed by atoms with Crippen LogP contribution in [0.4, 0.5) is 5.69 Å². The third kappa shape index (κ3) is 3.84. The summed E-state index contributed by atoms with van der Waals surface area (Å²) in [5, 5.41) is 2.92. The second kappa shape index (κ2) is 7.16. The van der Waals surface area contributed by atoms with E-state index in [1.165, 1.54) is 0 Å². The molecule has 0 heterocycles. The maximum atomic E-state index is 12.2. The fourth-order valence-corrected chi connectivity index (χ4v) is 2.24. The monoisotopic (exact) mass is 268 g/mol. The van der Waals surface area contributed by atoms with Gasteiger partial charge in [-0.05, 0) is 32.2 Å². The molecule has 3 N–H and O–H groups in total. The van der Waals surface area contributed by atoms with Crippen LogP contribution in [0.25, 0.3) is 0 Å². The van der Waals surface area contributed by atoms with E-state index in [2.05, 4.69) is 5.32 Å². The average Bonchev–Trinajstić information content (AvgIpc) is 2.29. The van der Waals surface area contributed by atoms with Gasteiger partial charge in [-0.15, -0.1) is 0 Å². The lowest BCUT2D eigenvalue weighted by Gasteiger charge is -2.16. The molecule has 0 aliphatic carbocycles. The van der Waals surface area contributed by atoms with Crippen LogP contribution in [0.15, 0.2) is 18.2 Å². The minimum Gasteiger partial charge on any atom is -0.493 e. The van der Waals surface area contributed by atoms with Gasteiger partial charge in [0.25, 0.3) is 5.91 Å². The van der Waals surface area contributed by atoms with Crippen LogP contribution in [0.2, 0.25) is 0 Å². The molecule has 0 aliphatic rings. The molecule has 0 spiro atoms. The Kier molecular flexibility index (Phi) is 5.85. The first-order valence-corrected chi connectivity index (χ1v) is 7.30. The molecule has 0 radical (unpaired) electrons. The zero-order valence-electron chi connectivity index (χ0n) is 11.0. The van der Waals surface area contributed by atoms with Crippen LogP contribution in [-0.4, -0.2) is 30.6 Å². The minimum absolute atomic E-state index is 0.0987. The molecule has 0 saturated heterocycles. The molecule has 1 atom stereocenters. The second-order valence-corrected chi connectivity index (χ2v) is 4.89. The standard InChI is InChI=1S/C13H20N2O2S/c1-4-17-11-7-5-6-10(14)12(11)13(16)15-9(2)8-18-3/h5-7,9H,4,8,14H2,1-3H3,(H,15,16). The van der Waals surface area contributed by atoms with Crippen molar-refractivity contribution in [2.45, 2.75) is 19.9 Å². The van der Waals surface area contributed by atoms with Crippen molar-refractivity contribution in [1.82, 2.24) is 5.32 Å². The van der Waals surface area contributed by atoms with Crippen LogP contribution in [0, 0.1) is 0 Å². The molecule has 0 saturated carbocycles. The number of thioether (sulfide) groups is 1. The lowest BCUT2D eigenvalue weighted by atomic mass is 10.1. The third-order valence-corrected chi connectivity index (χ3v) is 3.21. The van der Waals surface area contributed by atoms with Crippen LogP contribution in [-0.2, 0) is 0 Å². The Morgan fingerprint density at radius 3 is 2.89 bits per heavy atom. The summed E-state index contributed by atoms with van der Waals surface area (Å²) >= 11 is 1.69. The Morgan fingerprint density at radius 1 is 1.56 bits per heavy atom. The lowest BCUT2D eigenvalue weighted by molar-refractivity contribution is 0.0941. The summed E-state index contributed by atoms with van der Waals surface area (Å²) in [7, 11) is 0. The fraction of sp³-hybridized carbons (Fsp3) is 0.462. The number of rotatable bonds is 6. The molecule has 1 rings (SSSR count). The van der Waals surface area contributed by atoms with Gasteiger partial charge in [0.05, 0.1) is 6.61 Å². The molecule has 0 aromatic heterocycles. The van der Waals surface area contributed by atoms with Crippen molar-refractivity contribution in [1.29, 1.82) is 0 Å². The van der Waals surface area contributed by atoms with Crippen molar-refractivity contribution in [2.24, 2.45) is 0 Å². The average molecular weight is 268 g/mol. The Bertz CT molecular complexity index is 410. The van der Waals surface area contributed by atoms with E-state index in [1.54, 1.807) is 30.0 Å². The predicted molar refractivity (Wildman–Crippen MR) is 77.3 cm³/mol. The number of carbonyl (C=O) groups is 1. The fourth-order valence-electron chi connectivity index (χ4n) is 1.65. The van der Waals surface area contributed by atoms with Gasteiger partial charge >= 0.3 is 0 Å². The van der Waals surface area contributed by atoms with Crippen molar-refractivity contribution in [2.75, 3.05) is 24.3 Å². The van der Waals surface area contributed by atoms with Gasteiger partial charge in [-0.1, -0.05) is 6.07 Å². The van der Waals surface area contributed by atoms with Crippen molar-refractivity contribution in [3.05, 3.63) is 23.8 Å². The van der Waals surface area contributed by atoms with E-state index in [-0.39, 0.29) is 11.9 Å². The van der Waals surface area contributed by atoms with E-state index in [0.29, 0.717) is 23.6 Å². The maximum absolute atomic E-state index is 12.2. The molecule has 100 valence electrons. The summed E-state index contributed by atoms with van der Waals surface area (Å²) in [6, 6.07) is 5.34. The van der Waals surface area contributed by atoms with Crippen molar-refractivity contribution >= 4 is 23.4 Å². The Hall–Kier alpha value is -1.36. The number of carbonyl (C=O) groups excluding carboxylic acids is 1. The second-order valence-electron chi connectivity index (χ2n) is 3.98. The van der Waals surface area contributed by atoms with Gasteiger partial charge < -0.3 is 15.8 Å². The summed E-state index contributed by atoms with van der Waals surface area (Å²) in [5.41, 5.74) is 6.72. The van der Waals surface area contributed by atoms with Crippen LogP contribution in [0.3, 0.4) is 0 Å². The van der Waals surface area contributed by atoms with Crippen LogP contribution >= 0.6 is 11.8 Å². The minimum atomic E-state index is -0.182. The Balaban J connectivity index is 2.90. The quantitative estimate of drug-likeness (QED) is 0.776. The van der Waals surface area contributed by atoms with E-state index in [9.17, 15) is 4.79 Å². The number of nitrogen functional groups attached to an aromatic ring is 1. The van der Waals surface area contributed by atoms with Gasteiger partial charge in [-0.2, -0.15) is 11.8 Å². The molecular weight excluding hydrogens is 248 g/mol. The number of ether oxygens (including phenoxy) is 1. The molecule has 1 aromatic rings. The number of nitrogens with two attached hydrogens (primary N) is 1. The van der Waals surface area contributed by atoms with Crippen molar-refractivity contribution < 1.29 is 9.53 Å². The molecule has 5 heteroatoms. The van der Waals surface area contributed by atoms with Gasteiger partial charge in [0.2, 0.25) is 0 Å². The molecule has 4 nitrogen and oxygen atoms in total. The molecule has 0 bridgehead atoms. The largest absolute Gasteiger partial charge is 0.493 e. The Morgan fingerprint density at radius 2 is 2.28 bits per heavy atom. The normalized spacial score (nSPS) is 11.9. The molecule has 1 aromatic carbocycles. The van der Waals surface area contributed by atoms with Gasteiger partial charge in [0.15, 0.2) is 0 Å². The number of benzene rings is 1. The summed E-state index contributed by atoms with van der Waals surface area (Å²) in [6.45, 7) is 4.35. The predicted octanol–water partition coefficient (Wildman–Crippen LogP) is 2.15. The van der Waals surface area contributed by atoms with E-state index >= 15 is 0 Å². The lowest BCUT2D eigenvalue weighted by Crippen LogP contribution is -2.34. The van der Waals surface area contributed by atoms with E-state index < -0.39 is 0 Å². The topological polar surface area (TPSA) is 64.3 Å². The number of nitrogens with one attached hydrogen (secondary N) is 1. The first kappa shape index (κ1) is 14.7. The molecular formula is C13H20N2O2S. The van der Waals surface area contributed by atoms with Crippen LogP contribution < -0.4 is 15.8 Å². The van der Waals surface area contributed by atoms with Gasteiger partial charge in [0, 0.05) is 17.5 Å². The molecule has 18 heavy (non-hydrogen) atoms. The summed E-state index contributed by atoms with van der Waals surface area (Å²) in [5.74, 6) is 1.21. The van der Waals surface area contributed by atoms with E-state index in [4.69, 9.17) is 10.5 Å². The molecule has 0 aliphatic heterocycles. The smallest absolute Gasteiger partial charge is 0.257 e. The number of hydrogen-bond acceptors (Lipinski definition) is 4. The SMILES string of the molecule is CCOc1cccc(N)c1C(=O)NC(C)CSC. The van der Waals surface area contributed by atoms with Crippen LogP contribution in [0.1, 0.15) is 24.2 Å². The molecule has 1 amide bonds. The zero-order chi connectivity index (χ0) is 13.5.